The lowest BCUT2D eigenvalue weighted by Gasteiger charge is -2.23. The molecule has 2 aromatic carbocycles. The summed E-state index contributed by atoms with van der Waals surface area (Å²) < 4.78 is 29.8. The largest absolute Gasteiger partial charge is 0.453 e. The maximum absolute atomic E-state index is 12.4. The van der Waals surface area contributed by atoms with Gasteiger partial charge < -0.3 is 4.74 Å². The van der Waals surface area contributed by atoms with Crippen LogP contribution < -0.4 is 0 Å². The number of aryl methyl sites for hydroxylation is 2. The molecule has 0 amide bonds. The maximum atomic E-state index is 12.4. The quantitative estimate of drug-likeness (QED) is 0.785. The molecule has 25 heavy (non-hydrogen) atoms. The molecule has 2 aromatic rings. The molecule has 130 valence electrons. The summed E-state index contributed by atoms with van der Waals surface area (Å²) in [5, 5.41) is 0. The van der Waals surface area contributed by atoms with Crippen molar-refractivity contribution in [2.45, 2.75) is 30.8 Å². The van der Waals surface area contributed by atoms with Crippen LogP contribution in [0.25, 0.3) is 0 Å². The van der Waals surface area contributed by atoms with E-state index in [1.54, 1.807) is 24.3 Å². The third kappa shape index (κ3) is 3.79. The number of hydrogen-bond donors (Lipinski definition) is 0. The van der Waals surface area contributed by atoms with Crippen molar-refractivity contribution in [1.29, 1.82) is 0 Å². The lowest BCUT2D eigenvalue weighted by atomic mass is 9.89. The molecule has 6 heteroatoms. The second-order valence-electron chi connectivity index (χ2n) is 6.11. The Kier molecular flexibility index (Phi) is 4.72. The van der Waals surface area contributed by atoms with E-state index in [1.165, 1.54) is 12.1 Å². The number of fused-ring (bicyclic) bond motifs is 1. The minimum atomic E-state index is -3.79. The first-order valence-electron chi connectivity index (χ1n) is 7.98. The van der Waals surface area contributed by atoms with Crippen LogP contribution in [0.15, 0.2) is 53.4 Å². The fourth-order valence-electron chi connectivity index (χ4n) is 2.86. The topological polar surface area (TPSA) is 77.5 Å². The van der Waals surface area contributed by atoms with Gasteiger partial charge in [0.25, 0.3) is 0 Å². The minimum Gasteiger partial charge on any atom is -0.453 e. The molecule has 0 aliphatic heterocycles. The first-order valence-corrected chi connectivity index (χ1v) is 9.63. The second kappa shape index (κ2) is 6.80. The Bertz CT molecular complexity index is 913. The fraction of sp³-hybridized carbons (Fsp3) is 0.263. The highest BCUT2D eigenvalue weighted by molar-refractivity contribution is 7.92. The summed E-state index contributed by atoms with van der Waals surface area (Å²) in [4.78, 5) is 24.5. The van der Waals surface area contributed by atoms with Gasteiger partial charge in [-0.25, -0.2) is 8.42 Å². The molecule has 0 saturated heterocycles. The molecule has 0 spiro atoms. The van der Waals surface area contributed by atoms with Crippen LogP contribution in [0, 0.1) is 6.92 Å². The van der Waals surface area contributed by atoms with Crippen LogP contribution in [-0.2, 0) is 25.8 Å². The number of sulfone groups is 1. The number of rotatable bonds is 4. The predicted molar refractivity (Wildman–Crippen MR) is 92.2 cm³/mol. The maximum Gasteiger partial charge on any atom is 0.322 e. The van der Waals surface area contributed by atoms with Gasteiger partial charge in [0.2, 0.25) is 5.78 Å². The molecule has 0 aromatic heterocycles. The van der Waals surface area contributed by atoms with Crippen molar-refractivity contribution in [2.75, 3.05) is 5.75 Å². The zero-order valence-corrected chi connectivity index (χ0v) is 14.6. The van der Waals surface area contributed by atoms with Gasteiger partial charge in [-0.05, 0) is 37.5 Å². The highest BCUT2D eigenvalue weighted by Crippen LogP contribution is 2.23. The molecule has 1 unspecified atom stereocenters. The summed E-state index contributed by atoms with van der Waals surface area (Å²) >= 11 is 0. The normalized spacial score (nSPS) is 17.0. The van der Waals surface area contributed by atoms with Crippen LogP contribution in [0.4, 0.5) is 0 Å². The van der Waals surface area contributed by atoms with Gasteiger partial charge in [0.15, 0.2) is 21.7 Å². The molecule has 1 aliphatic rings. The van der Waals surface area contributed by atoms with E-state index in [4.69, 9.17) is 4.74 Å². The molecule has 0 saturated carbocycles. The van der Waals surface area contributed by atoms with Gasteiger partial charge >= 0.3 is 5.97 Å². The van der Waals surface area contributed by atoms with Crippen molar-refractivity contribution >= 4 is 21.6 Å². The summed E-state index contributed by atoms with van der Waals surface area (Å²) in [6.07, 6.45) is 0.0622. The predicted octanol–water partition coefficient (Wildman–Crippen LogP) is 2.51. The monoisotopic (exact) mass is 358 g/mol. The van der Waals surface area contributed by atoms with E-state index in [2.05, 4.69) is 0 Å². The van der Waals surface area contributed by atoms with Gasteiger partial charge in [0, 0.05) is 5.56 Å². The lowest BCUT2D eigenvalue weighted by Crippen LogP contribution is -2.34. The number of ketones is 1. The van der Waals surface area contributed by atoms with Gasteiger partial charge in [-0.1, -0.05) is 42.0 Å². The van der Waals surface area contributed by atoms with Gasteiger partial charge in [0.1, 0.15) is 0 Å². The molecule has 0 heterocycles. The summed E-state index contributed by atoms with van der Waals surface area (Å²) in [6, 6.07) is 13.4. The van der Waals surface area contributed by atoms with Crippen LogP contribution in [-0.4, -0.2) is 32.0 Å². The van der Waals surface area contributed by atoms with Crippen LogP contribution in [0.2, 0.25) is 0 Å². The van der Waals surface area contributed by atoms with E-state index in [0.717, 1.165) is 11.1 Å². The summed E-state index contributed by atoms with van der Waals surface area (Å²) in [5.41, 5.74) is 2.38. The van der Waals surface area contributed by atoms with Gasteiger partial charge in [-0.2, -0.15) is 0 Å². The number of benzene rings is 2. The van der Waals surface area contributed by atoms with E-state index in [-0.39, 0.29) is 10.7 Å². The van der Waals surface area contributed by atoms with E-state index < -0.39 is 27.7 Å². The third-order valence-electron chi connectivity index (χ3n) is 4.21. The molecule has 0 fully saturated rings. The Morgan fingerprint density at radius 3 is 2.52 bits per heavy atom. The van der Waals surface area contributed by atoms with E-state index >= 15 is 0 Å². The Balaban J connectivity index is 1.69. The third-order valence-corrected chi connectivity index (χ3v) is 5.82. The number of Topliss-reactive ketones (excluding diaryl/α,β-unsaturated/α-hetero) is 1. The average molecular weight is 358 g/mol. The summed E-state index contributed by atoms with van der Waals surface area (Å²) in [7, 11) is -3.79. The Morgan fingerprint density at radius 2 is 1.80 bits per heavy atom. The fourth-order valence-corrected chi connectivity index (χ4v) is 3.95. The molecular formula is C19H18O5S. The highest BCUT2D eigenvalue weighted by Gasteiger charge is 2.31. The van der Waals surface area contributed by atoms with Crippen LogP contribution >= 0.6 is 0 Å². The second-order valence-corrected chi connectivity index (χ2v) is 8.10. The number of carbonyl (C=O) groups excluding carboxylic acids is 2. The zero-order chi connectivity index (χ0) is 18.0. The van der Waals surface area contributed by atoms with Crippen LogP contribution in [0.1, 0.15) is 27.9 Å². The van der Waals surface area contributed by atoms with Crippen molar-refractivity contribution in [2.24, 2.45) is 0 Å². The van der Waals surface area contributed by atoms with Crippen molar-refractivity contribution in [1.82, 2.24) is 0 Å². The number of hydrogen-bond acceptors (Lipinski definition) is 5. The molecule has 0 bridgehead atoms. The standard InChI is InChI=1S/C19H18O5S/c1-13-6-9-15(10-7-13)25(22,23)12-18(20)24-17-11-8-14-4-2-3-5-16(14)19(17)21/h2-7,9-10,17H,8,11-12H2,1H3. The molecule has 0 radical (unpaired) electrons. The van der Waals surface area contributed by atoms with Crippen molar-refractivity contribution in [3.63, 3.8) is 0 Å². The van der Waals surface area contributed by atoms with Gasteiger partial charge in [-0.3, -0.25) is 9.59 Å². The first-order chi connectivity index (χ1) is 11.9. The van der Waals surface area contributed by atoms with Crippen molar-refractivity contribution in [3.8, 4) is 0 Å². The van der Waals surface area contributed by atoms with Crippen LogP contribution in [0.5, 0.6) is 0 Å². The molecule has 0 N–H and O–H groups in total. The Hall–Kier alpha value is -2.47. The molecular weight excluding hydrogens is 340 g/mol. The van der Waals surface area contributed by atoms with E-state index in [1.807, 2.05) is 19.1 Å². The number of carbonyl (C=O) groups is 2. The van der Waals surface area contributed by atoms with Crippen LogP contribution in [0.3, 0.4) is 0 Å². The molecule has 1 atom stereocenters. The highest BCUT2D eigenvalue weighted by atomic mass is 32.2. The average Bonchev–Trinajstić information content (AvgIpc) is 2.57. The lowest BCUT2D eigenvalue weighted by molar-refractivity contribution is -0.144. The SMILES string of the molecule is Cc1ccc(S(=O)(=O)CC(=O)OC2CCc3ccccc3C2=O)cc1. The summed E-state index contributed by atoms with van der Waals surface area (Å²) in [6.45, 7) is 1.84. The molecule has 3 rings (SSSR count). The Morgan fingerprint density at radius 1 is 1.12 bits per heavy atom. The van der Waals surface area contributed by atoms with Gasteiger partial charge in [0.05, 0.1) is 4.90 Å². The first kappa shape index (κ1) is 17.4. The zero-order valence-electron chi connectivity index (χ0n) is 13.8. The van der Waals surface area contributed by atoms with E-state index in [0.29, 0.717) is 18.4 Å². The van der Waals surface area contributed by atoms with Gasteiger partial charge in [-0.15, -0.1) is 0 Å². The van der Waals surface area contributed by atoms with Crippen molar-refractivity contribution < 1.29 is 22.7 Å². The van der Waals surface area contributed by atoms with Crippen molar-refractivity contribution in [3.05, 3.63) is 65.2 Å². The number of ether oxygens (including phenoxy) is 1. The minimum absolute atomic E-state index is 0.0652. The Labute approximate surface area is 146 Å². The van der Waals surface area contributed by atoms with E-state index in [9.17, 15) is 18.0 Å². The number of esters is 1. The molecule has 5 nitrogen and oxygen atoms in total. The summed E-state index contributed by atoms with van der Waals surface area (Å²) in [5.74, 6) is -1.96. The molecule has 1 aliphatic carbocycles. The smallest absolute Gasteiger partial charge is 0.322 e.